The number of benzene rings is 2. The standard InChI is InChI=1S/C25H25FN4O3/c1-2-30-23(32)22(16-7-9-17(26)10-8-16)25(24(30)33)11-13-29(14-12-25)21(31)15-20-27-18-5-3-4-6-19(18)28-20/h3-10,22H,2,11-15H2,1H3,(H,27,28)/t22-/m0/s1. The average molecular weight is 448 g/mol. The Labute approximate surface area is 190 Å². The number of aromatic amines is 1. The second-order valence-electron chi connectivity index (χ2n) is 8.79. The zero-order valence-electron chi connectivity index (χ0n) is 18.4. The van der Waals surface area contributed by atoms with E-state index >= 15 is 0 Å². The molecule has 33 heavy (non-hydrogen) atoms. The van der Waals surface area contributed by atoms with Gasteiger partial charge < -0.3 is 9.88 Å². The fourth-order valence-electron chi connectivity index (χ4n) is 5.30. The van der Waals surface area contributed by atoms with Crippen molar-refractivity contribution in [2.45, 2.75) is 32.1 Å². The van der Waals surface area contributed by atoms with Crippen LogP contribution in [0.1, 0.15) is 37.1 Å². The zero-order chi connectivity index (χ0) is 23.2. The molecule has 3 heterocycles. The van der Waals surface area contributed by atoms with Gasteiger partial charge in [0.25, 0.3) is 0 Å². The summed E-state index contributed by atoms with van der Waals surface area (Å²) in [5.74, 6) is -0.924. The molecule has 0 unspecified atom stereocenters. The summed E-state index contributed by atoms with van der Waals surface area (Å²) in [7, 11) is 0. The number of nitrogens with zero attached hydrogens (tertiary/aromatic N) is 3. The van der Waals surface area contributed by atoms with E-state index in [1.165, 1.54) is 17.0 Å². The van der Waals surface area contributed by atoms with Crippen LogP contribution in [0.2, 0.25) is 0 Å². The number of hydrogen-bond donors (Lipinski definition) is 1. The summed E-state index contributed by atoms with van der Waals surface area (Å²) in [6, 6.07) is 13.4. The van der Waals surface area contributed by atoms with Gasteiger partial charge in [-0.3, -0.25) is 19.3 Å². The van der Waals surface area contributed by atoms with Gasteiger partial charge in [-0.1, -0.05) is 24.3 Å². The number of likely N-dealkylation sites (N-methyl/N-ethyl adjacent to an activating group) is 1. The lowest BCUT2D eigenvalue weighted by atomic mass is 9.67. The molecule has 2 aliphatic rings. The number of carbonyl (C=O) groups is 3. The van der Waals surface area contributed by atoms with Crippen LogP contribution in [0.4, 0.5) is 4.39 Å². The Bertz CT molecular complexity index is 1190. The predicted molar refractivity (Wildman–Crippen MR) is 120 cm³/mol. The molecule has 7 nitrogen and oxygen atoms in total. The second-order valence-corrected chi connectivity index (χ2v) is 8.79. The van der Waals surface area contributed by atoms with Crippen LogP contribution in [0.15, 0.2) is 48.5 Å². The van der Waals surface area contributed by atoms with Crippen molar-refractivity contribution >= 4 is 28.8 Å². The highest BCUT2D eigenvalue weighted by molar-refractivity contribution is 6.10. The van der Waals surface area contributed by atoms with Crippen molar-refractivity contribution in [2.24, 2.45) is 5.41 Å². The monoisotopic (exact) mass is 448 g/mol. The van der Waals surface area contributed by atoms with Crippen molar-refractivity contribution in [1.29, 1.82) is 0 Å². The maximum Gasteiger partial charge on any atom is 0.237 e. The summed E-state index contributed by atoms with van der Waals surface area (Å²) in [6.45, 7) is 2.84. The highest BCUT2D eigenvalue weighted by atomic mass is 19.1. The maximum atomic E-state index is 13.5. The number of fused-ring (bicyclic) bond motifs is 1. The van der Waals surface area contributed by atoms with Crippen molar-refractivity contribution in [3.63, 3.8) is 0 Å². The number of nitrogens with one attached hydrogen (secondary N) is 1. The van der Waals surface area contributed by atoms with Crippen molar-refractivity contribution in [2.75, 3.05) is 19.6 Å². The molecule has 5 rings (SSSR count). The number of imidazole rings is 1. The van der Waals surface area contributed by atoms with Crippen LogP contribution in [0.25, 0.3) is 11.0 Å². The normalized spacial score (nSPS) is 20.2. The molecule has 3 aromatic rings. The van der Waals surface area contributed by atoms with Gasteiger partial charge in [0.2, 0.25) is 17.7 Å². The molecular weight excluding hydrogens is 423 g/mol. The molecule has 2 fully saturated rings. The smallest absolute Gasteiger partial charge is 0.237 e. The third-order valence-electron chi connectivity index (χ3n) is 7.02. The minimum Gasteiger partial charge on any atom is -0.342 e. The van der Waals surface area contributed by atoms with Crippen LogP contribution in [-0.2, 0) is 20.8 Å². The van der Waals surface area contributed by atoms with E-state index in [-0.39, 0.29) is 30.0 Å². The lowest BCUT2D eigenvalue weighted by Crippen LogP contribution is -2.48. The fourth-order valence-corrected chi connectivity index (χ4v) is 5.30. The number of para-hydroxylation sites is 2. The molecule has 1 spiro atoms. The molecule has 0 aliphatic carbocycles. The van der Waals surface area contributed by atoms with Crippen molar-refractivity contribution < 1.29 is 18.8 Å². The SMILES string of the molecule is CCN1C(=O)[C@H](c2ccc(F)cc2)C2(CCN(C(=O)Cc3nc4ccccc4[nH]3)CC2)C1=O. The van der Waals surface area contributed by atoms with Crippen LogP contribution < -0.4 is 0 Å². The number of amides is 3. The number of aromatic nitrogens is 2. The van der Waals surface area contributed by atoms with Gasteiger partial charge in [0.1, 0.15) is 11.6 Å². The fraction of sp³-hybridized carbons (Fsp3) is 0.360. The minimum absolute atomic E-state index is 0.0636. The van der Waals surface area contributed by atoms with Gasteiger partial charge in [-0.15, -0.1) is 0 Å². The zero-order valence-corrected chi connectivity index (χ0v) is 18.4. The minimum atomic E-state index is -0.902. The van der Waals surface area contributed by atoms with E-state index in [4.69, 9.17) is 0 Å². The summed E-state index contributed by atoms with van der Waals surface area (Å²) in [4.78, 5) is 50.2. The Morgan fingerprint density at radius 2 is 1.82 bits per heavy atom. The third-order valence-corrected chi connectivity index (χ3v) is 7.02. The van der Waals surface area contributed by atoms with E-state index in [1.54, 1.807) is 24.0 Å². The van der Waals surface area contributed by atoms with E-state index < -0.39 is 11.3 Å². The van der Waals surface area contributed by atoms with Gasteiger partial charge in [0.15, 0.2) is 0 Å². The number of likely N-dealkylation sites (tertiary alicyclic amines) is 2. The van der Waals surface area contributed by atoms with Gasteiger partial charge in [-0.2, -0.15) is 0 Å². The van der Waals surface area contributed by atoms with Gasteiger partial charge >= 0.3 is 0 Å². The first-order valence-electron chi connectivity index (χ1n) is 11.3. The number of imide groups is 1. The van der Waals surface area contributed by atoms with Gasteiger partial charge in [0.05, 0.1) is 28.8 Å². The van der Waals surface area contributed by atoms with Crippen LogP contribution in [0.5, 0.6) is 0 Å². The maximum absolute atomic E-state index is 13.5. The molecule has 2 aliphatic heterocycles. The van der Waals surface area contributed by atoms with E-state index in [9.17, 15) is 18.8 Å². The predicted octanol–water partition coefficient (Wildman–Crippen LogP) is 3.03. The van der Waals surface area contributed by atoms with Gasteiger partial charge in [-0.05, 0) is 49.6 Å². The topological polar surface area (TPSA) is 86.4 Å². The van der Waals surface area contributed by atoms with Gasteiger partial charge in [-0.25, -0.2) is 9.37 Å². The van der Waals surface area contributed by atoms with Crippen molar-refractivity contribution in [3.05, 3.63) is 65.7 Å². The Morgan fingerprint density at radius 1 is 1.12 bits per heavy atom. The summed E-state index contributed by atoms with van der Waals surface area (Å²) in [5.41, 5.74) is 1.44. The molecule has 8 heteroatoms. The van der Waals surface area contributed by atoms with Crippen molar-refractivity contribution in [1.82, 2.24) is 19.8 Å². The van der Waals surface area contributed by atoms with Crippen LogP contribution in [0.3, 0.4) is 0 Å². The average Bonchev–Trinajstić information content (AvgIpc) is 3.31. The molecule has 2 saturated heterocycles. The Morgan fingerprint density at radius 3 is 2.48 bits per heavy atom. The van der Waals surface area contributed by atoms with Crippen LogP contribution >= 0.6 is 0 Å². The lowest BCUT2D eigenvalue weighted by molar-refractivity contribution is -0.144. The molecule has 0 radical (unpaired) electrons. The number of rotatable bonds is 4. The quantitative estimate of drug-likeness (QED) is 0.622. The summed E-state index contributed by atoms with van der Waals surface area (Å²) >= 11 is 0. The van der Waals surface area contributed by atoms with Crippen LogP contribution in [0, 0.1) is 11.2 Å². The highest BCUT2D eigenvalue weighted by Gasteiger charge is 2.60. The molecule has 2 aromatic carbocycles. The van der Waals surface area contributed by atoms with Crippen LogP contribution in [-0.4, -0.2) is 57.1 Å². The second kappa shape index (κ2) is 8.10. The molecule has 3 amide bonds. The number of H-pyrrole nitrogens is 1. The number of carbonyl (C=O) groups excluding carboxylic acids is 3. The first-order valence-corrected chi connectivity index (χ1v) is 11.3. The molecule has 0 bridgehead atoms. The van der Waals surface area contributed by atoms with Gasteiger partial charge in [0, 0.05) is 19.6 Å². The largest absolute Gasteiger partial charge is 0.342 e. The summed E-state index contributed by atoms with van der Waals surface area (Å²) in [5, 5.41) is 0. The first kappa shape index (κ1) is 21.3. The molecule has 1 N–H and O–H groups in total. The van der Waals surface area contributed by atoms with E-state index in [1.807, 2.05) is 24.3 Å². The summed E-state index contributed by atoms with van der Waals surface area (Å²) in [6.07, 6.45) is 0.932. The van der Waals surface area contributed by atoms with E-state index in [2.05, 4.69) is 9.97 Å². The number of piperidine rings is 1. The Hall–Kier alpha value is -3.55. The molecule has 1 aromatic heterocycles. The molecule has 0 saturated carbocycles. The molecular formula is C25H25FN4O3. The lowest BCUT2D eigenvalue weighted by Gasteiger charge is -2.40. The van der Waals surface area contributed by atoms with E-state index in [0.29, 0.717) is 43.9 Å². The Balaban J connectivity index is 1.35. The summed E-state index contributed by atoms with van der Waals surface area (Å²) < 4.78 is 13.5. The third kappa shape index (κ3) is 3.50. The molecule has 170 valence electrons. The number of hydrogen-bond acceptors (Lipinski definition) is 4. The first-order chi connectivity index (χ1) is 15.9. The van der Waals surface area contributed by atoms with E-state index in [0.717, 1.165) is 11.0 Å². The number of halogens is 1. The highest BCUT2D eigenvalue weighted by Crippen LogP contribution is 2.51. The van der Waals surface area contributed by atoms with Crippen molar-refractivity contribution in [3.8, 4) is 0 Å². The Kier molecular flexibility index (Phi) is 5.23. The molecule has 1 atom stereocenters.